The van der Waals surface area contributed by atoms with E-state index >= 15 is 0 Å². The maximum absolute atomic E-state index is 4.99. The van der Waals surface area contributed by atoms with E-state index < -0.39 is 0 Å². The molecule has 0 bridgehead atoms. The molecule has 0 radical (unpaired) electrons. The average molecular weight is 452 g/mol. The minimum atomic E-state index is 0. The van der Waals surface area contributed by atoms with Crippen LogP contribution in [0.2, 0.25) is 0 Å². The normalized spacial score (nSPS) is 25.0. The van der Waals surface area contributed by atoms with Gasteiger partial charge in [-0.3, -0.25) is 9.89 Å². The summed E-state index contributed by atoms with van der Waals surface area (Å²) in [5.74, 6) is 4.52. The summed E-state index contributed by atoms with van der Waals surface area (Å²) in [5, 5.41) is 6.97. The lowest BCUT2D eigenvalue weighted by molar-refractivity contribution is 0.112. The quantitative estimate of drug-likeness (QED) is 0.370. The molecular formula is C17H33IN4S. The van der Waals surface area contributed by atoms with E-state index in [1.807, 2.05) is 0 Å². The Morgan fingerprint density at radius 3 is 2.48 bits per heavy atom. The Hall–Kier alpha value is 0.310. The topological polar surface area (TPSA) is 39.7 Å². The van der Waals surface area contributed by atoms with E-state index in [0.29, 0.717) is 5.54 Å². The van der Waals surface area contributed by atoms with Gasteiger partial charge in [0.15, 0.2) is 5.96 Å². The molecule has 0 aromatic heterocycles. The Labute approximate surface area is 163 Å². The van der Waals surface area contributed by atoms with Gasteiger partial charge in [0.05, 0.1) is 6.54 Å². The molecule has 134 valence electrons. The van der Waals surface area contributed by atoms with Crippen LogP contribution in [0, 0.1) is 5.92 Å². The van der Waals surface area contributed by atoms with Crippen molar-refractivity contribution in [3.05, 3.63) is 0 Å². The third kappa shape index (κ3) is 5.66. The van der Waals surface area contributed by atoms with Gasteiger partial charge in [-0.25, -0.2) is 0 Å². The highest BCUT2D eigenvalue weighted by Crippen LogP contribution is 2.37. The van der Waals surface area contributed by atoms with Crippen molar-refractivity contribution in [2.24, 2.45) is 10.9 Å². The molecule has 0 atom stereocenters. The van der Waals surface area contributed by atoms with Crippen LogP contribution in [-0.2, 0) is 0 Å². The van der Waals surface area contributed by atoms with E-state index in [4.69, 9.17) is 4.99 Å². The molecule has 4 nitrogen and oxygen atoms in total. The first-order valence-corrected chi connectivity index (χ1v) is 10.3. The zero-order valence-electron chi connectivity index (χ0n) is 14.5. The molecular weight excluding hydrogens is 419 g/mol. The second kappa shape index (κ2) is 9.70. The van der Waals surface area contributed by atoms with Crippen molar-refractivity contribution in [1.82, 2.24) is 15.5 Å². The summed E-state index contributed by atoms with van der Waals surface area (Å²) in [7, 11) is 0. The molecule has 23 heavy (non-hydrogen) atoms. The van der Waals surface area contributed by atoms with Gasteiger partial charge >= 0.3 is 0 Å². The second-order valence-electron chi connectivity index (χ2n) is 7.05. The van der Waals surface area contributed by atoms with Crippen molar-refractivity contribution in [3.63, 3.8) is 0 Å². The first-order valence-electron chi connectivity index (χ1n) is 9.17. The first-order chi connectivity index (χ1) is 10.8. The Balaban J connectivity index is 0.00000192. The van der Waals surface area contributed by atoms with Gasteiger partial charge in [-0.15, -0.1) is 24.0 Å². The summed E-state index contributed by atoms with van der Waals surface area (Å²) in [4.78, 5) is 7.74. The fourth-order valence-corrected chi connectivity index (χ4v) is 4.68. The summed E-state index contributed by atoms with van der Waals surface area (Å²) in [6.07, 6.45) is 8.21. The lowest BCUT2D eigenvalue weighted by Gasteiger charge is -2.42. The number of rotatable bonds is 6. The molecule has 2 saturated carbocycles. The SMILES string of the molecule is CCNC(=NCC1(N2CCSCC2)CCCC1)NCC1CC1.I. The predicted molar refractivity (Wildman–Crippen MR) is 112 cm³/mol. The van der Waals surface area contributed by atoms with E-state index in [1.54, 1.807) is 0 Å². The van der Waals surface area contributed by atoms with Crippen LogP contribution >= 0.6 is 35.7 Å². The lowest BCUT2D eigenvalue weighted by atomic mass is 9.95. The molecule has 3 aliphatic rings. The Morgan fingerprint density at radius 2 is 1.87 bits per heavy atom. The van der Waals surface area contributed by atoms with Crippen LogP contribution in [0.5, 0.6) is 0 Å². The highest BCUT2D eigenvalue weighted by molar-refractivity contribution is 14.0. The number of hydrogen-bond acceptors (Lipinski definition) is 3. The number of hydrogen-bond donors (Lipinski definition) is 2. The van der Waals surface area contributed by atoms with Crippen molar-refractivity contribution < 1.29 is 0 Å². The fourth-order valence-electron chi connectivity index (χ4n) is 3.78. The van der Waals surface area contributed by atoms with Crippen molar-refractivity contribution in [3.8, 4) is 0 Å². The van der Waals surface area contributed by atoms with Crippen LogP contribution in [0.3, 0.4) is 0 Å². The third-order valence-corrected chi connectivity index (χ3v) is 6.29. The number of aliphatic imine (C=N–C) groups is 1. The zero-order chi connectivity index (χ0) is 15.3. The summed E-state index contributed by atoms with van der Waals surface area (Å²) in [6.45, 7) is 7.68. The van der Waals surface area contributed by atoms with Gasteiger partial charge in [0, 0.05) is 43.2 Å². The van der Waals surface area contributed by atoms with Gasteiger partial charge in [-0.2, -0.15) is 11.8 Å². The highest BCUT2D eigenvalue weighted by atomic mass is 127. The molecule has 6 heteroatoms. The van der Waals surface area contributed by atoms with Gasteiger partial charge < -0.3 is 10.6 Å². The molecule has 1 aliphatic heterocycles. The molecule has 0 spiro atoms. The number of nitrogens with one attached hydrogen (secondary N) is 2. The maximum Gasteiger partial charge on any atom is 0.191 e. The van der Waals surface area contributed by atoms with E-state index in [1.165, 1.54) is 63.1 Å². The summed E-state index contributed by atoms with van der Waals surface area (Å²) >= 11 is 2.10. The van der Waals surface area contributed by atoms with Gasteiger partial charge in [-0.1, -0.05) is 12.8 Å². The monoisotopic (exact) mass is 452 g/mol. The van der Waals surface area contributed by atoms with Crippen LogP contribution in [0.15, 0.2) is 4.99 Å². The van der Waals surface area contributed by atoms with Crippen molar-refractivity contribution in [2.45, 2.75) is 51.0 Å². The number of nitrogens with zero attached hydrogens (tertiary/aromatic N) is 2. The standard InChI is InChI=1S/C17H32N4S.HI/c1-2-18-16(19-13-15-5-6-15)20-14-17(7-3-4-8-17)21-9-11-22-12-10-21;/h15H,2-14H2,1H3,(H2,18,19,20);1H. The molecule has 0 aromatic carbocycles. The van der Waals surface area contributed by atoms with Crippen LogP contribution < -0.4 is 10.6 Å². The maximum atomic E-state index is 4.99. The van der Waals surface area contributed by atoms with Gasteiger partial charge in [0.1, 0.15) is 0 Å². The van der Waals surface area contributed by atoms with Gasteiger partial charge in [-0.05, 0) is 38.5 Å². The minimum absolute atomic E-state index is 0. The highest BCUT2D eigenvalue weighted by Gasteiger charge is 2.39. The number of halogens is 1. The van der Waals surface area contributed by atoms with E-state index in [0.717, 1.165) is 31.5 Å². The molecule has 2 aliphatic carbocycles. The molecule has 3 fully saturated rings. The van der Waals surface area contributed by atoms with Gasteiger partial charge in [0.25, 0.3) is 0 Å². The van der Waals surface area contributed by atoms with Crippen LogP contribution in [0.1, 0.15) is 45.4 Å². The van der Waals surface area contributed by atoms with Crippen molar-refractivity contribution in [2.75, 3.05) is 44.2 Å². The van der Waals surface area contributed by atoms with Crippen molar-refractivity contribution >= 4 is 41.7 Å². The molecule has 0 amide bonds. The fraction of sp³-hybridized carbons (Fsp3) is 0.941. The Morgan fingerprint density at radius 1 is 1.17 bits per heavy atom. The van der Waals surface area contributed by atoms with Gasteiger partial charge in [0.2, 0.25) is 0 Å². The second-order valence-corrected chi connectivity index (χ2v) is 8.28. The summed E-state index contributed by atoms with van der Waals surface area (Å²) < 4.78 is 0. The Bertz CT molecular complexity index is 375. The predicted octanol–water partition coefficient (Wildman–Crippen LogP) is 2.93. The van der Waals surface area contributed by atoms with Crippen LogP contribution in [0.25, 0.3) is 0 Å². The van der Waals surface area contributed by atoms with E-state index in [2.05, 4.69) is 34.2 Å². The minimum Gasteiger partial charge on any atom is -0.357 e. The van der Waals surface area contributed by atoms with E-state index in [-0.39, 0.29) is 24.0 Å². The molecule has 1 heterocycles. The molecule has 0 aromatic rings. The Kier molecular flexibility index (Phi) is 8.28. The lowest BCUT2D eigenvalue weighted by Crippen LogP contribution is -2.53. The first kappa shape index (κ1) is 19.6. The molecule has 1 saturated heterocycles. The number of guanidine groups is 1. The van der Waals surface area contributed by atoms with Crippen molar-refractivity contribution in [1.29, 1.82) is 0 Å². The zero-order valence-corrected chi connectivity index (χ0v) is 17.6. The smallest absolute Gasteiger partial charge is 0.191 e. The third-order valence-electron chi connectivity index (χ3n) is 5.35. The number of thioether (sulfide) groups is 1. The molecule has 0 unspecified atom stereocenters. The van der Waals surface area contributed by atoms with E-state index in [9.17, 15) is 0 Å². The average Bonchev–Trinajstić information content (AvgIpc) is 3.27. The summed E-state index contributed by atoms with van der Waals surface area (Å²) in [6, 6.07) is 0. The molecule has 3 rings (SSSR count). The van der Waals surface area contributed by atoms with Crippen LogP contribution in [0.4, 0.5) is 0 Å². The largest absolute Gasteiger partial charge is 0.357 e. The summed E-state index contributed by atoms with van der Waals surface area (Å²) in [5.41, 5.74) is 0.350. The van der Waals surface area contributed by atoms with Crippen LogP contribution in [-0.4, -0.2) is 60.6 Å². The molecule has 2 N–H and O–H groups in total.